The molecule has 176 valence electrons. The summed E-state index contributed by atoms with van der Waals surface area (Å²) in [6.45, 7) is 3.82. The smallest absolute Gasteiger partial charge is 0.262 e. The maximum atomic E-state index is 12.6. The van der Waals surface area contributed by atoms with Crippen molar-refractivity contribution in [3.63, 3.8) is 0 Å². The third kappa shape index (κ3) is 6.48. The number of nitrogens with one attached hydrogen (secondary N) is 2. The fraction of sp³-hybridized carbons (Fsp3) is 0.103. The fourth-order valence-corrected chi connectivity index (χ4v) is 3.36. The summed E-state index contributed by atoms with van der Waals surface area (Å²) >= 11 is 0. The average molecular weight is 467 g/mol. The number of anilines is 2. The standard InChI is InChI=1S/C29H26N2O4/c1-20-7-6-10-27(21(20)2)31-29(33)22-11-15-24(16-12-22)34-19-28(32)30-23-13-17-26(18-14-23)35-25-8-4-3-5-9-25/h3-18H,19H2,1-2H3,(H,30,32)(H,31,33). The van der Waals surface area contributed by atoms with Crippen molar-refractivity contribution in [2.45, 2.75) is 13.8 Å². The van der Waals surface area contributed by atoms with Crippen LogP contribution in [0.15, 0.2) is 97.1 Å². The minimum absolute atomic E-state index is 0.156. The van der Waals surface area contributed by atoms with Gasteiger partial charge in [0.05, 0.1) is 0 Å². The quantitative estimate of drug-likeness (QED) is 0.317. The molecule has 2 N–H and O–H groups in total. The molecule has 4 aromatic carbocycles. The first kappa shape index (κ1) is 23.6. The largest absolute Gasteiger partial charge is 0.484 e. The van der Waals surface area contributed by atoms with Crippen molar-refractivity contribution in [1.29, 1.82) is 0 Å². The van der Waals surface area contributed by atoms with E-state index in [0.717, 1.165) is 22.6 Å². The SMILES string of the molecule is Cc1cccc(NC(=O)c2ccc(OCC(=O)Nc3ccc(Oc4ccccc4)cc3)cc2)c1C. The van der Waals surface area contributed by atoms with Crippen LogP contribution in [-0.2, 0) is 4.79 Å². The van der Waals surface area contributed by atoms with Crippen LogP contribution in [0, 0.1) is 13.8 Å². The number of para-hydroxylation sites is 1. The number of carbonyl (C=O) groups excluding carboxylic acids is 2. The molecule has 4 rings (SSSR count). The lowest BCUT2D eigenvalue weighted by atomic mass is 10.1. The van der Waals surface area contributed by atoms with Crippen LogP contribution in [0.25, 0.3) is 0 Å². The maximum Gasteiger partial charge on any atom is 0.262 e. The van der Waals surface area contributed by atoms with Crippen molar-refractivity contribution in [1.82, 2.24) is 0 Å². The summed E-state index contributed by atoms with van der Waals surface area (Å²) in [6, 6.07) is 29.0. The number of amides is 2. The van der Waals surface area contributed by atoms with Crippen molar-refractivity contribution >= 4 is 23.2 Å². The minimum Gasteiger partial charge on any atom is -0.484 e. The van der Waals surface area contributed by atoms with Gasteiger partial charge in [0.2, 0.25) is 0 Å². The molecule has 0 aliphatic rings. The second kappa shape index (κ2) is 11.0. The molecule has 0 saturated carbocycles. The highest BCUT2D eigenvalue weighted by atomic mass is 16.5. The Morgan fingerprint density at radius 3 is 2.06 bits per heavy atom. The summed E-state index contributed by atoms with van der Waals surface area (Å²) in [5.41, 5.74) is 4.07. The van der Waals surface area contributed by atoms with Crippen LogP contribution in [0.2, 0.25) is 0 Å². The first-order chi connectivity index (χ1) is 17.0. The van der Waals surface area contributed by atoms with Crippen molar-refractivity contribution in [2.24, 2.45) is 0 Å². The Bertz CT molecular complexity index is 1300. The van der Waals surface area contributed by atoms with Crippen LogP contribution in [0.1, 0.15) is 21.5 Å². The summed E-state index contributed by atoms with van der Waals surface area (Å²) in [5.74, 6) is 1.41. The predicted octanol–water partition coefficient (Wildman–Crippen LogP) is 6.37. The molecule has 0 aromatic heterocycles. The Morgan fingerprint density at radius 1 is 0.686 bits per heavy atom. The van der Waals surface area contributed by atoms with Gasteiger partial charge in [-0.2, -0.15) is 0 Å². The van der Waals surface area contributed by atoms with Crippen LogP contribution < -0.4 is 20.1 Å². The van der Waals surface area contributed by atoms with E-state index in [9.17, 15) is 9.59 Å². The van der Waals surface area contributed by atoms with Crippen molar-refractivity contribution in [3.05, 3.63) is 114 Å². The monoisotopic (exact) mass is 466 g/mol. The number of aryl methyl sites for hydroxylation is 1. The van der Waals surface area contributed by atoms with E-state index < -0.39 is 0 Å². The van der Waals surface area contributed by atoms with E-state index in [2.05, 4.69) is 10.6 Å². The van der Waals surface area contributed by atoms with Crippen molar-refractivity contribution < 1.29 is 19.1 Å². The van der Waals surface area contributed by atoms with Gasteiger partial charge < -0.3 is 20.1 Å². The fourth-order valence-electron chi connectivity index (χ4n) is 3.36. The summed E-state index contributed by atoms with van der Waals surface area (Å²) in [4.78, 5) is 24.8. The van der Waals surface area contributed by atoms with Gasteiger partial charge in [0, 0.05) is 16.9 Å². The molecular formula is C29H26N2O4. The average Bonchev–Trinajstić information content (AvgIpc) is 2.87. The molecule has 0 radical (unpaired) electrons. The molecule has 0 saturated heterocycles. The van der Waals surface area contributed by atoms with E-state index in [1.54, 1.807) is 48.5 Å². The molecule has 35 heavy (non-hydrogen) atoms. The third-order valence-corrected chi connectivity index (χ3v) is 5.46. The van der Waals surface area contributed by atoms with Gasteiger partial charge in [-0.15, -0.1) is 0 Å². The Kier molecular flexibility index (Phi) is 7.43. The molecule has 6 heteroatoms. The molecule has 0 fully saturated rings. The van der Waals surface area contributed by atoms with Crippen LogP contribution in [-0.4, -0.2) is 18.4 Å². The number of benzene rings is 4. The van der Waals surface area contributed by atoms with E-state index in [-0.39, 0.29) is 18.4 Å². The van der Waals surface area contributed by atoms with E-state index in [0.29, 0.717) is 22.7 Å². The van der Waals surface area contributed by atoms with Gasteiger partial charge in [-0.25, -0.2) is 0 Å². The van der Waals surface area contributed by atoms with Gasteiger partial charge in [0.25, 0.3) is 11.8 Å². The van der Waals surface area contributed by atoms with Crippen LogP contribution in [0.4, 0.5) is 11.4 Å². The molecule has 6 nitrogen and oxygen atoms in total. The topological polar surface area (TPSA) is 76.7 Å². The van der Waals surface area contributed by atoms with Crippen LogP contribution >= 0.6 is 0 Å². The highest BCUT2D eigenvalue weighted by Crippen LogP contribution is 2.23. The van der Waals surface area contributed by atoms with E-state index in [1.165, 1.54) is 0 Å². The lowest BCUT2D eigenvalue weighted by Gasteiger charge is -2.11. The summed E-state index contributed by atoms with van der Waals surface area (Å²) < 4.78 is 11.3. The van der Waals surface area contributed by atoms with E-state index in [4.69, 9.17) is 9.47 Å². The number of hydrogen-bond donors (Lipinski definition) is 2. The lowest BCUT2D eigenvalue weighted by molar-refractivity contribution is -0.118. The Hall–Kier alpha value is -4.58. The second-order valence-corrected chi connectivity index (χ2v) is 8.00. The molecular weight excluding hydrogens is 440 g/mol. The minimum atomic E-state index is -0.293. The molecule has 0 unspecified atom stereocenters. The Balaban J connectivity index is 1.26. The molecule has 0 spiro atoms. The van der Waals surface area contributed by atoms with Gasteiger partial charge in [0.15, 0.2) is 6.61 Å². The lowest BCUT2D eigenvalue weighted by Crippen LogP contribution is -2.20. The van der Waals surface area contributed by atoms with Gasteiger partial charge in [-0.1, -0.05) is 30.3 Å². The number of carbonyl (C=O) groups is 2. The molecule has 0 aliphatic carbocycles. The highest BCUT2D eigenvalue weighted by molar-refractivity contribution is 6.04. The van der Waals surface area contributed by atoms with E-state index in [1.807, 2.05) is 62.4 Å². The zero-order valence-electron chi connectivity index (χ0n) is 19.6. The summed E-state index contributed by atoms with van der Waals surface area (Å²) in [5, 5.41) is 5.72. The Morgan fingerprint density at radius 2 is 1.34 bits per heavy atom. The first-order valence-electron chi connectivity index (χ1n) is 11.2. The van der Waals surface area contributed by atoms with Gasteiger partial charge >= 0.3 is 0 Å². The molecule has 0 bridgehead atoms. The molecule has 0 heterocycles. The van der Waals surface area contributed by atoms with Crippen molar-refractivity contribution in [2.75, 3.05) is 17.2 Å². The Labute approximate surface area is 204 Å². The highest BCUT2D eigenvalue weighted by Gasteiger charge is 2.10. The van der Waals surface area contributed by atoms with Gasteiger partial charge in [-0.3, -0.25) is 9.59 Å². The number of hydrogen-bond acceptors (Lipinski definition) is 4. The molecule has 4 aromatic rings. The summed E-state index contributed by atoms with van der Waals surface area (Å²) in [6.07, 6.45) is 0. The molecule has 2 amide bonds. The third-order valence-electron chi connectivity index (χ3n) is 5.46. The zero-order chi connectivity index (χ0) is 24.6. The number of ether oxygens (including phenoxy) is 2. The van der Waals surface area contributed by atoms with Crippen LogP contribution in [0.5, 0.6) is 17.2 Å². The van der Waals surface area contributed by atoms with Gasteiger partial charge in [-0.05, 0) is 91.7 Å². The number of rotatable bonds is 8. The first-order valence-corrected chi connectivity index (χ1v) is 11.2. The zero-order valence-corrected chi connectivity index (χ0v) is 19.6. The maximum absolute atomic E-state index is 12.6. The normalized spacial score (nSPS) is 10.3. The second-order valence-electron chi connectivity index (χ2n) is 8.00. The van der Waals surface area contributed by atoms with Crippen LogP contribution in [0.3, 0.4) is 0 Å². The van der Waals surface area contributed by atoms with Crippen molar-refractivity contribution in [3.8, 4) is 17.2 Å². The summed E-state index contributed by atoms with van der Waals surface area (Å²) in [7, 11) is 0. The predicted molar refractivity (Wildman–Crippen MR) is 137 cm³/mol. The molecule has 0 atom stereocenters. The van der Waals surface area contributed by atoms with E-state index >= 15 is 0 Å². The van der Waals surface area contributed by atoms with Gasteiger partial charge in [0.1, 0.15) is 17.2 Å². The molecule has 0 aliphatic heterocycles.